The summed E-state index contributed by atoms with van der Waals surface area (Å²) in [5, 5.41) is 9.80. The fourth-order valence-electron chi connectivity index (χ4n) is 1.65. The number of ether oxygens (including phenoxy) is 2. The molecule has 0 N–H and O–H groups in total. The van der Waals surface area contributed by atoms with E-state index in [-0.39, 0.29) is 23.8 Å². The minimum absolute atomic E-state index is 0.0828. The molecule has 1 aromatic rings. The molecule has 0 saturated heterocycles. The molecule has 7 nitrogen and oxygen atoms in total. The zero-order valence-corrected chi connectivity index (χ0v) is 14.9. The summed E-state index contributed by atoms with van der Waals surface area (Å²) in [6.45, 7) is 6.13. The molecule has 1 aromatic carbocycles. The molecule has 1 unspecified atom stereocenters. The zero-order valence-electron chi connectivity index (χ0n) is 13.3. The van der Waals surface area contributed by atoms with Crippen LogP contribution in [-0.4, -0.2) is 28.3 Å². The minimum atomic E-state index is -1.02. The van der Waals surface area contributed by atoms with Crippen LogP contribution in [0.3, 0.4) is 0 Å². The number of ketones is 1. The van der Waals surface area contributed by atoms with Gasteiger partial charge in [-0.2, -0.15) is 0 Å². The number of benzene rings is 1. The molecule has 0 radical (unpaired) electrons. The van der Waals surface area contributed by atoms with Crippen molar-refractivity contribution in [1.82, 2.24) is 0 Å². The number of Topliss-reactive ketones (excluding diaryl/α,β-unsaturated/α-hetero) is 1. The molecule has 0 bridgehead atoms. The number of non-ortho nitro benzene ring substituents is 1. The summed E-state index contributed by atoms with van der Waals surface area (Å²) >= 11 is 3.14. The fraction of sp³-hybridized carbons (Fsp3) is 0.467. The number of hydrogen-bond donors (Lipinski definition) is 0. The highest BCUT2D eigenvalue weighted by atomic mass is 79.9. The Hall–Kier alpha value is -1.96. The number of esters is 1. The lowest BCUT2D eigenvalue weighted by atomic mass is 9.89. The maximum atomic E-state index is 12.4. The molecule has 1 rings (SSSR count). The molecule has 0 amide bonds. The summed E-state index contributed by atoms with van der Waals surface area (Å²) in [7, 11) is 0. The van der Waals surface area contributed by atoms with Gasteiger partial charge in [-0.05, 0) is 48.3 Å². The number of nitro benzene ring substituents is 1. The summed E-state index contributed by atoms with van der Waals surface area (Å²) < 4.78 is 10.4. The molecule has 23 heavy (non-hydrogen) atoms. The van der Waals surface area contributed by atoms with E-state index in [2.05, 4.69) is 15.9 Å². The highest BCUT2D eigenvalue weighted by Crippen LogP contribution is 2.29. The molecule has 0 aliphatic carbocycles. The third-order valence-electron chi connectivity index (χ3n) is 3.12. The number of halogens is 1. The molecular formula is C15H18BrNO6. The summed E-state index contributed by atoms with van der Waals surface area (Å²) in [5.74, 6) is -0.588. The Labute approximate surface area is 142 Å². The van der Waals surface area contributed by atoms with Crippen molar-refractivity contribution in [3.05, 3.63) is 33.9 Å². The molecule has 126 valence electrons. The molecule has 0 fully saturated rings. The van der Waals surface area contributed by atoms with E-state index in [1.807, 2.05) is 0 Å². The van der Waals surface area contributed by atoms with Crippen molar-refractivity contribution >= 4 is 33.4 Å². The molecule has 1 atom stereocenters. The smallest absolute Gasteiger partial charge is 0.302 e. The van der Waals surface area contributed by atoms with E-state index in [9.17, 15) is 19.7 Å². The maximum absolute atomic E-state index is 12.4. The van der Waals surface area contributed by atoms with Gasteiger partial charge in [-0.1, -0.05) is 0 Å². The zero-order chi connectivity index (χ0) is 17.8. The van der Waals surface area contributed by atoms with E-state index in [1.165, 1.54) is 19.1 Å². The number of nitrogens with zero attached hydrogens (tertiary/aromatic N) is 1. The SMILES string of the molecule is CC(=O)OCC(C)(C)C(=O)C(Br)Oc1cc([N+](=O)[O-])ccc1C. The Balaban J connectivity index is 2.88. The Kier molecular flexibility index (Phi) is 6.26. The van der Waals surface area contributed by atoms with E-state index in [1.54, 1.807) is 26.8 Å². The lowest BCUT2D eigenvalue weighted by Gasteiger charge is -2.25. The van der Waals surface area contributed by atoms with Crippen LogP contribution in [0.2, 0.25) is 0 Å². The predicted octanol–water partition coefficient (Wildman–Crippen LogP) is 3.16. The number of nitro groups is 1. The Morgan fingerprint density at radius 2 is 2.00 bits per heavy atom. The van der Waals surface area contributed by atoms with Gasteiger partial charge in [0.15, 0.2) is 5.78 Å². The maximum Gasteiger partial charge on any atom is 0.302 e. The topological polar surface area (TPSA) is 95.7 Å². The number of alkyl halides is 1. The Morgan fingerprint density at radius 1 is 1.39 bits per heavy atom. The van der Waals surface area contributed by atoms with Gasteiger partial charge in [0.05, 0.1) is 16.4 Å². The van der Waals surface area contributed by atoms with Crippen LogP contribution in [0.25, 0.3) is 0 Å². The van der Waals surface area contributed by atoms with Gasteiger partial charge >= 0.3 is 5.97 Å². The van der Waals surface area contributed by atoms with Crippen molar-refractivity contribution < 1.29 is 24.0 Å². The second-order valence-corrected chi connectivity index (χ2v) is 6.50. The van der Waals surface area contributed by atoms with Crippen LogP contribution in [0.5, 0.6) is 5.75 Å². The average Bonchev–Trinajstić information content (AvgIpc) is 2.46. The molecule has 0 spiro atoms. The largest absolute Gasteiger partial charge is 0.471 e. The van der Waals surface area contributed by atoms with Crippen molar-refractivity contribution in [3.8, 4) is 5.75 Å². The van der Waals surface area contributed by atoms with Crippen LogP contribution in [0.4, 0.5) is 5.69 Å². The van der Waals surface area contributed by atoms with E-state index in [4.69, 9.17) is 9.47 Å². The van der Waals surface area contributed by atoms with Gasteiger partial charge in [-0.3, -0.25) is 19.7 Å². The van der Waals surface area contributed by atoms with Crippen LogP contribution in [0.1, 0.15) is 26.3 Å². The Bertz CT molecular complexity index is 628. The highest BCUT2D eigenvalue weighted by Gasteiger charge is 2.35. The standard InChI is InChI=1S/C15H18BrNO6/c1-9-5-6-11(17(20)21)7-12(9)23-14(16)13(19)15(3,4)8-22-10(2)18/h5-7,14H,8H2,1-4H3. The molecule has 0 aliphatic rings. The van der Waals surface area contributed by atoms with Crippen molar-refractivity contribution in [2.75, 3.05) is 6.61 Å². The summed E-state index contributed by atoms with van der Waals surface area (Å²) in [6, 6.07) is 4.16. The minimum Gasteiger partial charge on any atom is -0.471 e. The molecule has 8 heteroatoms. The third-order valence-corrected chi connectivity index (χ3v) is 3.73. The van der Waals surface area contributed by atoms with Crippen molar-refractivity contribution in [2.24, 2.45) is 5.41 Å². The van der Waals surface area contributed by atoms with Crippen molar-refractivity contribution in [3.63, 3.8) is 0 Å². The summed E-state index contributed by atoms with van der Waals surface area (Å²) in [4.78, 5) is 33.6. The van der Waals surface area contributed by atoms with E-state index >= 15 is 0 Å². The molecular weight excluding hydrogens is 370 g/mol. The first-order valence-corrected chi connectivity index (χ1v) is 7.69. The summed E-state index contributed by atoms with van der Waals surface area (Å²) in [6.07, 6.45) is 0. The van der Waals surface area contributed by atoms with Crippen LogP contribution < -0.4 is 4.74 Å². The highest BCUT2D eigenvalue weighted by molar-refractivity contribution is 9.09. The second kappa shape index (κ2) is 7.54. The van der Waals surface area contributed by atoms with Gasteiger partial charge in [0.25, 0.3) is 5.69 Å². The van der Waals surface area contributed by atoms with Crippen molar-refractivity contribution in [2.45, 2.75) is 32.7 Å². The van der Waals surface area contributed by atoms with Crippen LogP contribution in [0.15, 0.2) is 18.2 Å². The van der Waals surface area contributed by atoms with Crippen LogP contribution >= 0.6 is 15.9 Å². The van der Waals surface area contributed by atoms with Gasteiger partial charge in [0, 0.05) is 13.0 Å². The number of aryl methyl sites for hydroxylation is 1. The van der Waals surface area contributed by atoms with Gasteiger partial charge < -0.3 is 9.47 Å². The van der Waals surface area contributed by atoms with E-state index in [0.717, 1.165) is 0 Å². The first kappa shape index (κ1) is 19.1. The number of carbonyl (C=O) groups is 2. The van der Waals surface area contributed by atoms with Crippen LogP contribution in [0, 0.1) is 22.5 Å². The fourth-order valence-corrected chi connectivity index (χ4v) is 2.48. The molecule has 0 aliphatic heterocycles. The second-order valence-electron chi connectivity index (χ2n) is 5.67. The monoisotopic (exact) mass is 387 g/mol. The van der Waals surface area contributed by atoms with Gasteiger partial charge in [-0.25, -0.2) is 0 Å². The van der Waals surface area contributed by atoms with Gasteiger partial charge in [0.2, 0.25) is 5.01 Å². The lowest BCUT2D eigenvalue weighted by Crippen LogP contribution is -2.38. The normalized spacial score (nSPS) is 12.4. The predicted molar refractivity (Wildman–Crippen MR) is 86.6 cm³/mol. The lowest BCUT2D eigenvalue weighted by molar-refractivity contribution is -0.385. The number of rotatable bonds is 7. The number of carbonyl (C=O) groups excluding carboxylic acids is 2. The molecule has 0 saturated carbocycles. The van der Waals surface area contributed by atoms with Gasteiger partial charge in [0.1, 0.15) is 12.4 Å². The van der Waals surface area contributed by atoms with E-state index < -0.39 is 21.3 Å². The van der Waals surface area contributed by atoms with Gasteiger partial charge in [-0.15, -0.1) is 0 Å². The third kappa shape index (κ3) is 5.31. The Morgan fingerprint density at radius 3 is 2.52 bits per heavy atom. The molecule has 0 heterocycles. The average molecular weight is 388 g/mol. The molecule has 0 aromatic heterocycles. The summed E-state index contributed by atoms with van der Waals surface area (Å²) in [5.41, 5.74) is -0.434. The van der Waals surface area contributed by atoms with E-state index in [0.29, 0.717) is 5.56 Å². The van der Waals surface area contributed by atoms with Crippen LogP contribution in [-0.2, 0) is 14.3 Å². The first-order chi connectivity index (χ1) is 10.5. The van der Waals surface area contributed by atoms with Crippen molar-refractivity contribution in [1.29, 1.82) is 0 Å². The number of hydrogen-bond acceptors (Lipinski definition) is 6. The quantitative estimate of drug-likeness (QED) is 0.308. The first-order valence-electron chi connectivity index (χ1n) is 6.78.